The van der Waals surface area contributed by atoms with Crippen molar-refractivity contribution >= 4 is 49.7 Å². The highest BCUT2D eigenvalue weighted by Gasteiger charge is 2.31. The van der Waals surface area contributed by atoms with Crippen molar-refractivity contribution < 1.29 is 37.7 Å². The van der Waals surface area contributed by atoms with Gasteiger partial charge in [-0.15, -0.1) is 13.2 Å². The summed E-state index contributed by atoms with van der Waals surface area (Å²) in [5.74, 6) is -1.30. The quantitative estimate of drug-likeness (QED) is 0.141. The third kappa shape index (κ3) is 8.50. The average Bonchev–Trinajstić information content (AvgIpc) is 4.12. The summed E-state index contributed by atoms with van der Waals surface area (Å²) in [5.41, 5.74) is 9.14. The highest BCUT2D eigenvalue weighted by atomic mass is 79.9. The summed E-state index contributed by atoms with van der Waals surface area (Å²) in [4.78, 5) is 32.5. The van der Waals surface area contributed by atoms with Gasteiger partial charge in [-0.1, -0.05) is 12.1 Å². The van der Waals surface area contributed by atoms with Crippen LogP contribution < -0.4 is 4.74 Å². The molecule has 2 fully saturated rings. The molecule has 0 atom stereocenters. The first-order valence-electron chi connectivity index (χ1n) is 18.8. The molecule has 0 spiro atoms. The van der Waals surface area contributed by atoms with Crippen LogP contribution in [0.5, 0.6) is 5.75 Å². The maximum Gasteiger partial charge on any atom is 0.573 e. The minimum Gasteiger partial charge on any atom is -0.478 e. The van der Waals surface area contributed by atoms with Gasteiger partial charge in [0, 0.05) is 72.5 Å². The predicted molar refractivity (Wildman–Crippen MR) is 218 cm³/mol. The standard InChI is InChI=1S/C26H21F3N2O3.C19H17BrN2O2/c1-31-9-8-18-10-15(12-23-22(25(32)33)13-19(14-30-23)16-2-3-16)11-21(24(18)31)17-4-6-20(7-5-17)34-26(27,28)29;1-22-5-4-13-6-11(7-16(20)18(13)22)8-17-15(19(23)24)9-14(10-21-17)12-2-3-12/h4-11,13-14,16H,2-3,12H2,1H3,(H,32,33);4-7,9-10,12H,2-3,8H2,1H3,(H,23,24). The molecule has 0 saturated heterocycles. The number of nitrogens with zero attached hydrogens (tertiary/aromatic N) is 4. The van der Waals surface area contributed by atoms with Crippen molar-refractivity contribution in [1.82, 2.24) is 19.1 Å². The molecular formula is C45H38BrF3N4O5. The highest BCUT2D eigenvalue weighted by molar-refractivity contribution is 9.10. The largest absolute Gasteiger partial charge is 0.573 e. The Hall–Kier alpha value is -5.95. The summed E-state index contributed by atoms with van der Waals surface area (Å²) in [6.07, 6.45) is 8.00. The maximum atomic E-state index is 12.5. The van der Waals surface area contributed by atoms with Gasteiger partial charge in [0.25, 0.3) is 0 Å². The lowest BCUT2D eigenvalue weighted by Gasteiger charge is -2.13. The molecule has 9 rings (SSSR count). The van der Waals surface area contributed by atoms with Crippen LogP contribution in [0.25, 0.3) is 32.9 Å². The van der Waals surface area contributed by atoms with Crippen LogP contribution in [0.15, 0.2) is 102 Å². The fourth-order valence-corrected chi connectivity index (χ4v) is 8.35. The van der Waals surface area contributed by atoms with Crippen LogP contribution in [-0.4, -0.2) is 47.6 Å². The molecule has 3 aromatic carbocycles. The third-order valence-corrected chi connectivity index (χ3v) is 11.3. The van der Waals surface area contributed by atoms with Crippen molar-refractivity contribution in [1.29, 1.82) is 0 Å². The highest BCUT2D eigenvalue weighted by Crippen LogP contribution is 2.41. The molecule has 0 bridgehead atoms. The first-order chi connectivity index (χ1) is 27.7. The van der Waals surface area contributed by atoms with Gasteiger partial charge < -0.3 is 24.1 Å². The molecule has 7 aromatic rings. The fraction of sp³-hybridized carbons (Fsp3) is 0.244. The number of pyridine rings is 2. The van der Waals surface area contributed by atoms with E-state index in [-0.39, 0.29) is 11.3 Å². The summed E-state index contributed by atoms with van der Waals surface area (Å²) in [6.45, 7) is 0. The van der Waals surface area contributed by atoms with Gasteiger partial charge in [-0.25, -0.2) is 9.59 Å². The summed E-state index contributed by atoms with van der Waals surface area (Å²) < 4.78 is 46.6. The number of hydrogen-bond donors (Lipinski definition) is 2. The van der Waals surface area contributed by atoms with Crippen molar-refractivity contribution in [3.8, 4) is 16.9 Å². The first-order valence-corrected chi connectivity index (χ1v) is 19.6. The Morgan fingerprint density at radius 2 is 1.21 bits per heavy atom. The van der Waals surface area contributed by atoms with Crippen LogP contribution in [0.1, 0.15) is 91.9 Å². The topological polar surface area (TPSA) is 119 Å². The zero-order chi connectivity index (χ0) is 40.9. The lowest BCUT2D eigenvalue weighted by Crippen LogP contribution is -2.16. The monoisotopic (exact) mass is 850 g/mol. The molecule has 0 aliphatic heterocycles. The van der Waals surface area contributed by atoms with E-state index < -0.39 is 18.3 Å². The van der Waals surface area contributed by atoms with Crippen molar-refractivity contribution in [2.45, 2.75) is 56.7 Å². The van der Waals surface area contributed by atoms with E-state index in [2.05, 4.69) is 47.3 Å². The Kier molecular flexibility index (Phi) is 10.3. The number of halogens is 4. The normalized spacial score (nSPS) is 14.0. The Bertz CT molecular complexity index is 2710. The molecule has 13 heteroatoms. The first kappa shape index (κ1) is 38.9. The molecule has 2 aliphatic carbocycles. The number of benzene rings is 3. The summed E-state index contributed by atoms with van der Waals surface area (Å²) in [7, 11) is 3.90. The van der Waals surface area contributed by atoms with Crippen molar-refractivity contribution in [3.05, 3.63) is 147 Å². The van der Waals surface area contributed by atoms with E-state index in [9.17, 15) is 33.0 Å². The molecule has 2 aliphatic rings. The van der Waals surface area contributed by atoms with Crippen LogP contribution in [0.4, 0.5) is 13.2 Å². The smallest absolute Gasteiger partial charge is 0.478 e. The minimum atomic E-state index is -4.75. The van der Waals surface area contributed by atoms with E-state index in [0.717, 1.165) is 85.3 Å². The van der Waals surface area contributed by atoms with E-state index >= 15 is 0 Å². The van der Waals surface area contributed by atoms with E-state index in [1.807, 2.05) is 61.5 Å². The number of aryl methyl sites for hydroxylation is 2. The van der Waals surface area contributed by atoms with Crippen LogP contribution >= 0.6 is 15.9 Å². The third-order valence-electron chi connectivity index (χ3n) is 10.7. The van der Waals surface area contributed by atoms with Gasteiger partial charge in [0.1, 0.15) is 5.75 Å². The number of ether oxygens (including phenoxy) is 1. The molecule has 2 saturated carbocycles. The second kappa shape index (κ2) is 15.4. The number of rotatable bonds is 10. The molecule has 0 amide bonds. The zero-order valence-electron chi connectivity index (χ0n) is 31.6. The Morgan fingerprint density at radius 3 is 1.69 bits per heavy atom. The van der Waals surface area contributed by atoms with Crippen LogP contribution in [-0.2, 0) is 26.9 Å². The van der Waals surface area contributed by atoms with Crippen LogP contribution in [0, 0.1) is 0 Å². The summed E-state index contributed by atoms with van der Waals surface area (Å²) in [6, 6.07) is 21.3. The second-order valence-corrected chi connectivity index (χ2v) is 15.9. The molecule has 9 nitrogen and oxygen atoms in total. The van der Waals surface area contributed by atoms with E-state index in [1.54, 1.807) is 30.5 Å². The minimum absolute atomic E-state index is 0.202. The molecule has 58 heavy (non-hydrogen) atoms. The van der Waals surface area contributed by atoms with Gasteiger partial charge in [0.15, 0.2) is 0 Å². The van der Waals surface area contributed by atoms with Crippen LogP contribution in [0.3, 0.4) is 0 Å². The van der Waals surface area contributed by atoms with Crippen molar-refractivity contribution in [2.24, 2.45) is 14.1 Å². The molecule has 2 N–H and O–H groups in total. The van der Waals surface area contributed by atoms with Crippen LogP contribution in [0.2, 0.25) is 0 Å². The summed E-state index contributed by atoms with van der Waals surface area (Å²) in [5, 5.41) is 21.4. The Balaban J connectivity index is 0.000000172. The number of aromatic nitrogens is 4. The van der Waals surface area contributed by atoms with Gasteiger partial charge in [-0.05, 0) is 142 Å². The maximum absolute atomic E-state index is 12.5. The Morgan fingerprint density at radius 1 is 0.724 bits per heavy atom. The second-order valence-electron chi connectivity index (χ2n) is 15.1. The summed E-state index contributed by atoms with van der Waals surface area (Å²) >= 11 is 3.62. The predicted octanol–water partition coefficient (Wildman–Crippen LogP) is 10.8. The lowest BCUT2D eigenvalue weighted by molar-refractivity contribution is -0.274. The molecule has 296 valence electrons. The molecule has 4 aromatic heterocycles. The number of carboxylic acids is 2. The fourth-order valence-electron chi connectivity index (χ4n) is 7.55. The SMILES string of the molecule is Cn1ccc2cc(Cc3ncc(C4CC4)cc3C(=O)O)cc(-c3ccc(OC(F)(F)F)cc3)c21.Cn1ccc2cc(Cc3ncc(C4CC4)cc3C(=O)O)cc(Br)c21. The molecule has 0 unspecified atom stereocenters. The van der Waals surface area contributed by atoms with Gasteiger partial charge in [0.05, 0.1) is 33.5 Å². The number of hydrogen-bond acceptors (Lipinski definition) is 5. The zero-order valence-corrected chi connectivity index (χ0v) is 33.1. The number of alkyl halides is 3. The van der Waals surface area contributed by atoms with Crippen molar-refractivity contribution in [2.75, 3.05) is 0 Å². The molecule has 0 radical (unpaired) electrons. The lowest BCUT2D eigenvalue weighted by atomic mass is 9.96. The number of carbonyl (C=O) groups is 2. The number of carboxylic acid groups (broad SMARTS) is 2. The van der Waals surface area contributed by atoms with Gasteiger partial charge in [0.2, 0.25) is 0 Å². The van der Waals surface area contributed by atoms with Gasteiger partial charge in [-0.2, -0.15) is 0 Å². The van der Waals surface area contributed by atoms with Crippen molar-refractivity contribution in [3.63, 3.8) is 0 Å². The molecular weight excluding hydrogens is 813 g/mol. The van der Waals surface area contributed by atoms with Gasteiger partial charge >= 0.3 is 18.3 Å². The average molecular weight is 852 g/mol. The van der Waals surface area contributed by atoms with E-state index in [0.29, 0.717) is 41.6 Å². The number of aromatic carboxylic acids is 2. The number of fused-ring (bicyclic) bond motifs is 2. The van der Waals surface area contributed by atoms with Gasteiger partial charge in [-0.3, -0.25) is 9.97 Å². The Labute approximate surface area is 339 Å². The van der Waals surface area contributed by atoms with E-state index in [1.165, 1.54) is 12.1 Å². The molecule has 4 heterocycles. The van der Waals surface area contributed by atoms with E-state index in [4.69, 9.17) is 0 Å².